The molecule has 1 aliphatic carbocycles. The molecule has 0 bridgehead atoms. The minimum absolute atomic E-state index is 0.145. The lowest BCUT2D eigenvalue weighted by Crippen LogP contribution is -2.36. The first-order valence-electron chi connectivity index (χ1n) is 6.54. The van der Waals surface area contributed by atoms with E-state index in [1.807, 2.05) is 32.7 Å². The molecular formula is C13H24N2O2. The number of carbonyl (C=O) groups excluding carboxylic acids is 1. The van der Waals surface area contributed by atoms with Crippen LogP contribution >= 0.6 is 0 Å². The Balaban J connectivity index is 1.86. The second-order valence-corrected chi connectivity index (χ2v) is 6.36. The van der Waals surface area contributed by atoms with Crippen LogP contribution in [0.4, 0.5) is 4.79 Å². The zero-order valence-corrected chi connectivity index (χ0v) is 11.3. The molecule has 2 aliphatic rings. The van der Waals surface area contributed by atoms with E-state index in [0.717, 1.165) is 13.1 Å². The molecule has 0 aromatic rings. The topological polar surface area (TPSA) is 41.6 Å². The zero-order chi connectivity index (χ0) is 12.6. The normalized spacial score (nSPS) is 32.7. The van der Waals surface area contributed by atoms with Gasteiger partial charge in [0.25, 0.3) is 0 Å². The van der Waals surface area contributed by atoms with Gasteiger partial charge in [0.2, 0.25) is 0 Å². The molecule has 1 aliphatic heterocycles. The number of fused-ring (bicyclic) bond motifs is 1. The second kappa shape index (κ2) is 4.48. The summed E-state index contributed by atoms with van der Waals surface area (Å²) >= 11 is 0. The average molecular weight is 240 g/mol. The molecule has 2 fully saturated rings. The molecule has 0 spiro atoms. The number of nitrogens with one attached hydrogen (secondary N) is 1. The predicted octanol–water partition coefficient (Wildman–Crippen LogP) is 1.85. The van der Waals surface area contributed by atoms with Crippen LogP contribution in [0.3, 0.4) is 0 Å². The van der Waals surface area contributed by atoms with Gasteiger partial charge >= 0.3 is 6.09 Å². The molecule has 17 heavy (non-hydrogen) atoms. The number of ether oxygens (including phenoxy) is 1. The van der Waals surface area contributed by atoms with Crippen LogP contribution in [-0.2, 0) is 4.74 Å². The third kappa shape index (κ3) is 2.92. The van der Waals surface area contributed by atoms with Crippen LogP contribution in [0.15, 0.2) is 0 Å². The average Bonchev–Trinajstić information content (AvgIpc) is 2.70. The predicted molar refractivity (Wildman–Crippen MR) is 66.9 cm³/mol. The third-order valence-electron chi connectivity index (χ3n) is 3.81. The summed E-state index contributed by atoms with van der Waals surface area (Å²) in [4.78, 5) is 13.8. The zero-order valence-electron chi connectivity index (χ0n) is 11.3. The largest absolute Gasteiger partial charge is 0.444 e. The minimum atomic E-state index is -0.387. The monoisotopic (exact) mass is 240 g/mol. The van der Waals surface area contributed by atoms with Gasteiger partial charge in [0.1, 0.15) is 5.60 Å². The maximum Gasteiger partial charge on any atom is 0.410 e. The lowest BCUT2D eigenvalue weighted by molar-refractivity contribution is 0.0279. The Morgan fingerprint density at radius 1 is 1.24 bits per heavy atom. The Morgan fingerprint density at radius 3 is 2.18 bits per heavy atom. The summed E-state index contributed by atoms with van der Waals surface area (Å²) in [5.74, 6) is 1.33. The molecule has 1 heterocycles. The van der Waals surface area contributed by atoms with Gasteiger partial charge in [0.05, 0.1) is 0 Å². The maximum atomic E-state index is 11.9. The molecule has 1 saturated heterocycles. The Hall–Kier alpha value is -0.770. The van der Waals surface area contributed by atoms with E-state index in [9.17, 15) is 4.79 Å². The smallest absolute Gasteiger partial charge is 0.410 e. The van der Waals surface area contributed by atoms with Crippen LogP contribution in [0.1, 0.15) is 33.6 Å². The molecule has 1 amide bonds. The first kappa shape index (κ1) is 12.7. The summed E-state index contributed by atoms with van der Waals surface area (Å²) in [6.07, 6.45) is 2.24. The van der Waals surface area contributed by atoms with Crippen LogP contribution in [0.5, 0.6) is 0 Å². The number of amides is 1. The Bertz CT molecular complexity index is 284. The van der Waals surface area contributed by atoms with Gasteiger partial charge in [-0.15, -0.1) is 0 Å². The summed E-state index contributed by atoms with van der Waals surface area (Å²) in [5.41, 5.74) is -0.387. The number of rotatable bonds is 1. The number of nitrogens with zero attached hydrogens (tertiary/aromatic N) is 1. The molecule has 2 rings (SSSR count). The van der Waals surface area contributed by atoms with Crippen molar-refractivity contribution in [3.63, 3.8) is 0 Å². The van der Waals surface area contributed by atoms with Gasteiger partial charge in [0, 0.05) is 19.1 Å². The number of likely N-dealkylation sites (tertiary alicyclic amines) is 1. The third-order valence-corrected chi connectivity index (χ3v) is 3.81. The molecule has 0 aromatic carbocycles. The first-order valence-corrected chi connectivity index (χ1v) is 6.54. The van der Waals surface area contributed by atoms with Crippen LogP contribution in [0.25, 0.3) is 0 Å². The van der Waals surface area contributed by atoms with Gasteiger partial charge in [0.15, 0.2) is 0 Å². The van der Waals surface area contributed by atoms with Gasteiger partial charge < -0.3 is 15.0 Å². The summed E-state index contributed by atoms with van der Waals surface area (Å²) in [7, 11) is 2.03. The van der Waals surface area contributed by atoms with Crippen LogP contribution < -0.4 is 5.32 Å². The van der Waals surface area contributed by atoms with E-state index in [-0.39, 0.29) is 11.7 Å². The van der Waals surface area contributed by atoms with Gasteiger partial charge in [-0.25, -0.2) is 4.79 Å². The summed E-state index contributed by atoms with van der Waals surface area (Å²) in [6, 6.07) is 0.644. The fourth-order valence-electron chi connectivity index (χ4n) is 3.01. The molecular weight excluding hydrogens is 216 g/mol. The molecule has 3 atom stereocenters. The summed E-state index contributed by atoms with van der Waals surface area (Å²) < 4.78 is 5.41. The van der Waals surface area contributed by atoms with E-state index < -0.39 is 0 Å². The van der Waals surface area contributed by atoms with Crippen molar-refractivity contribution in [2.45, 2.75) is 45.3 Å². The Morgan fingerprint density at radius 2 is 1.76 bits per heavy atom. The number of carbonyl (C=O) groups is 1. The highest BCUT2D eigenvalue weighted by molar-refractivity contribution is 5.68. The van der Waals surface area contributed by atoms with Gasteiger partial charge in [-0.3, -0.25) is 0 Å². The lowest BCUT2D eigenvalue weighted by atomic mass is 10.0. The van der Waals surface area contributed by atoms with Crippen LogP contribution in [-0.4, -0.2) is 42.8 Å². The van der Waals surface area contributed by atoms with E-state index >= 15 is 0 Å². The van der Waals surface area contributed by atoms with Crippen molar-refractivity contribution in [3.8, 4) is 0 Å². The van der Waals surface area contributed by atoms with Crippen molar-refractivity contribution in [2.24, 2.45) is 11.8 Å². The minimum Gasteiger partial charge on any atom is -0.444 e. The Labute approximate surface area is 104 Å². The van der Waals surface area contributed by atoms with Crippen molar-refractivity contribution in [3.05, 3.63) is 0 Å². The van der Waals surface area contributed by atoms with E-state index in [2.05, 4.69) is 5.32 Å². The van der Waals surface area contributed by atoms with Crippen LogP contribution in [0, 0.1) is 11.8 Å². The molecule has 0 radical (unpaired) electrons. The second-order valence-electron chi connectivity index (χ2n) is 6.36. The fourth-order valence-corrected chi connectivity index (χ4v) is 3.01. The van der Waals surface area contributed by atoms with E-state index in [1.165, 1.54) is 12.8 Å². The van der Waals surface area contributed by atoms with Gasteiger partial charge in [-0.1, -0.05) is 0 Å². The fraction of sp³-hybridized carbons (Fsp3) is 0.923. The van der Waals surface area contributed by atoms with E-state index in [1.54, 1.807) is 0 Å². The van der Waals surface area contributed by atoms with Crippen LogP contribution in [0.2, 0.25) is 0 Å². The molecule has 1 N–H and O–H groups in total. The van der Waals surface area contributed by atoms with Crippen molar-refractivity contribution in [1.29, 1.82) is 0 Å². The molecule has 4 heteroatoms. The van der Waals surface area contributed by atoms with E-state index in [4.69, 9.17) is 4.74 Å². The summed E-state index contributed by atoms with van der Waals surface area (Å²) in [6.45, 7) is 7.49. The molecule has 98 valence electrons. The van der Waals surface area contributed by atoms with Crippen molar-refractivity contribution in [2.75, 3.05) is 20.1 Å². The SMILES string of the molecule is CNC1C[C@@H]2CN(C(=O)OC(C)(C)C)C[C@@H]2C1. The molecule has 0 aromatic heterocycles. The van der Waals surface area contributed by atoms with Gasteiger partial charge in [-0.2, -0.15) is 0 Å². The molecule has 1 unspecified atom stereocenters. The lowest BCUT2D eigenvalue weighted by Gasteiger charge is -2.25. The molecule has 1 saturated carbocycles. The van der Waals surface area contributed by atoms with Crippen molar-refractivity contribution in [1.82, 2.24) is 10.2 Å². The molecule has 4 nitrogen and oxygen atoms in total. The number of hydrogen-bond donors (Lipinski definition) is 1. The maximum absolute atomic E-state index is 11.9. The Kier molecular flexibility index (Phi) is 3.34. The first-order chi connectivity index (χ1) is 7.89. The highest BCUT2D eigenvalue weighted by Gasteiger charge is 2.42. The standard InChI is InChI=1S/C13H24N2O2/c1-13(2,3)17-12(16)15-7-9-5-11(14-4)6-10(9)8-15/h9-11,14H,5-8H2,1-4H3/t9-,10+,11?. The van der Waals surface area contributed by atoms with Crippen molar-refractivity contribution < 1.29 is 9.53 Å². The summed E-state index contributed by atoms with van der Waals surface area (Å²) in [5, 5.41) is 3.34. The number of hydrogen-bond acceptors (Lipinski definition) is 3. The van der Waals surface area contributed by atoms with E-state index in [0.29, 0.717) is 17.9 Å². The highest BCUT2D eigenvalue weighted by Crippen LogP contribution is 2.38. The quantitative estimate of drug-likeness (QED) is 0.760. The highest BCUT2D eigenvalue weighted by atomic mass is 16.6. The van der Waals surface area contributed by atoms with Gasteiger partial charge in [-0.05, 0) is 52.5 Å². The van der Waals surface area contributed by atoms with Crippen molar-refractivity contribution >= 4 is 6.09 Å².